The van der Waals surface area contributed by atoms with Crippen molar-refractivity contribution in [1.29, 1.82) is 0 Å². The van der Waals surface area contributed by atoms with E-state index in [2.05, 4.69) is 61.8 Å². The van der Waals surface area contributed by atoms with Crippen molar-refractivity contribution in [2.45, 2.75) is 122 Å². The minimum absolute atomic E-state index is 0. The third-order valence-electron chi connectivity index (χ3n) is 11.7. The fraction of sp³-hybridized carbons (Fsp3) is 0.333. The topological polar surface area (TPSA) is 420 Å². The van der Waals surface area contributed by atoms with Crippen LogP contribution in [0.2, 0.25) is 15.1 Å². The van der Waals surface area contributed by atoms with Crippen LogP contribution in [0.25, 0.3) is 0 Å². The Balaban J connectivity index is -0.000000603. The van der Waals surface area contributed by atoms with Crippen LogP contribution in [0.5, 0.6) is 0 Å². The zero-order valence-corrected chi connectivity index (χ0v) is 66.4. The number of nitrogen functional groups attached to an aromatic ring is 3. The third-order valence-corrected chi connectivity index (χ3v) is 17.0. The summed E-state index contributed by atoms with van der Waals surface area (Å²) in [5.74, 6) is -0.448. The summed E-state index contributed by atoms with van der Waals surface area (Å²) in [5.41, 5.74) is 28.9. The molecule has 0 atom stereocenters. The molecule has 0 radical (unpaired) electrons. The number of carbonyl (C=O) groups excluding carboxylic acids is 7. The van der Waals surface area contributed by atoms with E-state index in [1.54, 1.807) is 128 Å². The van der Waals surface area contributed by atoms with Crippen LogP contribution >= 0.6 is 138 Å². The normalized spacial score (nSPS) is 10.3. The zero-order valence-electron chi connectivity index (χ0n) is 55.8. The number of hydrogen-bond acceptors (Lipinski definition) is 25. The molecule has 9 aromatic rings. The predicted octanol–water partition coefficient (Wildman–Crippen LogP) is 18.1. The fourth-order valence-electron chi connectivity index (χ4n) is 7.68. The van der Waals surface area contributed by atoms with Crippen LogP contribution in [0.15, 0.2) is 133 Å². The summed E-state index contributed by atoms with van der Waals surface area (Å²) in [6.45, 7) is 13.4. The molecule has 0 unspecified atom stereocenters. The first-order chi connectivity index (χ1) is 47.1. The first-order valence-electron chi connectivity index (χ1n) is 29.9. The van der Waals surface area contributed by atoms with E-state index >= 15 is 0 Å². The summed E-state index contributed by atoms with van der Waals surface area (Å²) in [4.78, 5) is 110. The van der Waals surface area contributed by atoms with Crippen molar-refractivity contribution in [3.8, 4) is 0 Å². The molecule has 10 rings (SSSR count). The summed E-state index contributed by atoms with van der Waals surface area (Å²) >= 11 is 24.4. The van der Waals surface area contributed by atoms with Gasteiger partial charge in [0.05, 0.1) is 16.8 Å². The SMILES string of the molecule is Br.Br.C.C.C.C.C.CC(C)(C)OC(=O)NCCc1cnc(N)s1.CC(C)(C)OC(=O)NCCc1cnc(NC(=O)Nc2cccc(Cl)c2)s1.Cl.NCCc1cnc(N)s1.NCCc1cnc(NC(=O)Nc2cccc(Cl)c2)s1.Nc1ncc(CCN2C(=O)c3ccccc3C2=O)s1.O=C=Nc1cccc(Cl)c1. The van der Waals surface area contributed by atoms with Crippen molar-refractivity contribution in [2.24, 2.45) is 16.5 Å². The van der Waals surface area contributed by atoms with Crippen molar-refractivity contribution < 1.29 is 43.0 Å². The largest absolute Gasteiger partial charge is 0.444 e. The highest BCUT2D eigenvalue weighted by Crippen LogP contribution is 2.26. The second-order valence-electron chi connectivity index (χ2n) is 22.1. The van der Waals surface area contributed by atoms with Crippen LogP contribution in [0.3, 0.4) is 0 Å². The van der Waals surface area contributed by atoms with Crippen molar-refractivity contribution in [3.63, 3.8) is 0 Å². The van der Waals surface area contributed by atoms with Gasteiger partial charge in [0.2, 0.25) is 6.08 Å². The molecular weight excluding hydrogens is 1690 g/mol. The highest BCUT2D eigenvalue weighted by molar-refractivity contribution is 8.93. The van der Waals surface area contributed by atoms with E-state index in [9.17, 15) is 33.6 Å². The minimum Gasteiger partial charge on any atom is -0.444 e. The Morgan fingerprint density at radius 2 is 0.841 bits per heavy atom. The standard InChI is InChI=1S/C17H21ClN4O3S.C13H11N3O2S.C12H13ClN4OS.C10H17N3O2S.C7H4ClNO.C5H9N3S.5CH4.2BrH.ClH/c1-17(2,3)25-16(24)19-8-7-13-10-20-15(26-13)22-14(23)21-12-6-4-5-11(18)9-12;14-13-15-7-8(19-13)5-6-16-11(17)9-3-1-2-4-10(9)12(16)18;13-8-2-1-3-9(6-8)16-11(18)17-12-15-7-10(19-12)4-5-14;1-10(2,3)15-9(14)12-5-4-7-6-13-8(11)16-7;8-6-2-1-3-7(4-6)9-5-10;6-2-1-4-3-8-5(7)9-4;;;;;;;;/h4-6,9-10H,7-8H2,1-3H3,(H,19,24)(H2,20,21,22,23);1-4,7H,5-6H2,(H2,14,15);1-3,6-7H,4-5,14H2,(H2,15,16,17,18);6H,4-5H2,1-3H3,(H2,11,13)(H,12,14);1-4H;3H,1-2,6H2,(H2,7,8);5*1H4;3*1H. The molecule has 0 saturated carbocycles. The number of urea groups is 2. The molecule has 0 fully saturated rings. The Morgan fingerprint density at radius 3 is 1.19 bits per heavy atom. The number of aromatic nitrogens is 5. The first kappa shape index (κ1) is 105. The van der Waals surface area contributed by atoms with Gasteiger partial charge in [-0.15, -0.1) is 103 Å². The molecule has 5 aromatic heterocycles. The van der Waals surface area contributed by atoms with E-state index in [4.69, 9.17) is 72.9 Å². The number of nitrogens with one attached hydrogen (secondary N) is 6. The molecule has 8 amide bonds. The summed E-state index contributed by atoms with van der Waals surface area (Å²) in [7, 11) is 0. The molecule has 590 valence electrons. The van der Waals surface area contributed by atoms with Crippen molar-refractivity contribution >= 4 is 223 Å². The summed E-state index contributed by atoms with van der Waals surface area (Å²) in [5, 5.41) is 20.4. The van der Waals surface area contributed by atoms with Gasteiger partial charge in [-0.3, -0.25) is 25.1 Å². The third kappa shape index (κ3) is 42.4. The number of fused-ring (bicyclic) bond motifs is 1. The molecule has 0 bridgehead atoms. The number of halogens is 6. The Labute approximate surface area is 688 Å². The molecule has 1 aliphatic heterocycles. The minimum atomic E-state index is -0.526. The first-order valence-corrected chi connectivity index (χ1v) is 35.1. The van der Waals surface area contributed by atoms with Crippen LogP contribution < -0.4 is 60.6 Å². The van der Waals surface area contributed by atoms with Crippen LogP contribution in [0, 0.1) is 0 Å². The van der Waals surface area contributed by atoms with Gasteiger partial charge in [0.25, 0.3) is 11.8 Å². The predicted molar refractivity (Wildman–Crippen MR) is 460 cm³/mol. The van der Waals surface area contributed by atoms with E-state index in [1.807, 2.05) is 41.5 Å². The zero-order chi connectivity index (χ0) is 72.5. The second-order valence-corrected chi connectivity index (χ2v) is 29.1. The Hall–Kier alpha value is -7.93. The lowest BCUT2D eigenvalue weighted by atomic mass is 10.1. The summed E-state index contributed by atoms with van der Waals surface area (Å²) in [6, 6.07) is 26.6. The molecule has 6 heterocycles. The average molecular weight is 1790 g/mol. The number of nitrogens with two attached hydrogens (primary N) is 5. The maximum Gasteiger partial charge on any atom is 0.407 e. The number of nitrogens with zero attached hydrogens (tertiary/aromatic N) is 7. The monoisotopic (exact) mass is 1780 g/mol. The highest BCUT2D eigenvalue weighted by atomic mass is 79.9. The van der Waals surface area contributed by atoms with Crippen molar-refractivity contribution in [3.05, 3.63) is 179 Å². The van der Waals surface area contributed by atoms with Crippen LogP contribution in [0.4, 0.5) is 61.9 Å². The number of hydrogen-bond donors (Lipinski definition) is 11. The van der Waals surface area contributed by atoms with Crippen LogP contribution in [-0.2, 0) is 46.4 Å². The van der Waals surface area contributed by atoms with Gasteiger partial charge in [0.1, 0.15) is 11.2 Å². The molecule has 16 N–H and O–H groups in total. The molecule has 1 aliphatic rings. The highest BCUT2D eigenvalue weighted by Gasteiger charge is 2.34. The average Bonchev–Trinajstić information content (AvgIpc) is 1.64. The fourth-order valence-corrected chi connectivity index (χ4v) is 11.9. The lowest BCUT2D eigenvalue weighted by molar-refractivity contribution is 0.0517. The van der Waals surface area contributed by atoms with Gasteiger partial charge in [0.15, 0.2) is 25.7 Å². The van der Waals surface area contributed by atoms with Crippen molar-refractivity contribution in [1.82, 2.24) is 40.5 Å². The number of amides is 8. The number of ether oxygens (including phenoxy) is 2. The Bertz CT molecular complexity index is 4120. The molecule has 27 nitrogen and oxygen atoms in total. The summed E-state index contributed by atoms with van der Waals surface area (Å²) < 4.78 is 10.3. The van der Waals surface area contributed by atoms with Gasteiger partial charge in [-0.05, 0) is 134 Å². The van der Waals surface area contributed by atoms with E-state index in [0.717, 1.165) is 37.2 Å². The number of aliphatic imine (C=N–C) groups is 1. The van der Waals surface area contributed by atoms with Gasteiger partial charge in [-0.1, -0.05) is 102 Å². The van der Waals surface area contributed by atoms with Crippen LogP contribution in [-0.4, -0.2) is 116 Å². The molecule has 4 aromatic carbocycles. The number of rotatable bonds is 18. The van der Waals surface area contributed by atoms with E-state index in [0.29, 0.717) is 121 Å². The lowest BCUT2D eigenvalue weighted by Gasteiger charge is -2.19. The van der Waals surface area contributed by atoms with Gasteiger partial charge in [-0.2, -0.15) is 4.99 Å². The maximum atomic E-state index is 12.1. The van der Waals surface area contributed by atoms with Gasteiger partial charge in [0, 0.05) is 121 Å². The molecule has 0 aliphatic carbocycles. The smallest absolute Gasteiger partial charge is 0.407 e. The number of carbonyl (C=O) groups is 6. The number of isocyanates is 1. The number of thiazole rings is 5. The van der Waals surface area contributed by atoms with E-state index in [-0.39, 0.29) is 101 Å². The Morgan fingerprint density at radius 1 is 0.495 bits per heavy atom. The number of imide groups is 1. The summed E-state index contributed by atoms with van der Waals surface area (Å²) in [6.07, 6.45) is 12.7. The quantitative estimate of drug-likeness (QED) is 0.0216. The molecule has 38 heteroatoms. The van der Waals surface area contributed by atoms with Gasteiger partial charge >= 0.3 is 24.2 Å². The van der Waals surface area contributed by atoms with E-state index < -0.39 is 29.4 Å². The van der Waals surface area contributed by atoms with Crippen molar-refractivity contribution in [2.75, 3.05) is 71.2 Å². The lowest BCUT2D eigenvalue weighted by Crippen LogP contribution is -2.33. The number of anilines is 7. The maximum absolute atomic E-state index is 12.1. The molecule has 107 heavy (non-hydrogen) atoms. The number of alkyl carbamates (subject to hydrolysis) is 2. The molecular formula is C69H98Br2Cl4N18O9S5. The molecule has 0 spiro atoms. The Kier molecular flexibility index (Phi) is 53.8. The van der Waals surface area contributed by atoms with Gasteiger partial charge in [-0.25, -0.2) is 48.9 Å². The number of benzene rings is 4. The van der Waals surface area contributed by atoms with Crippen LogP contribution in [0.1, 0.15) is 124 Å². The van der Waals surface area contributed by atoms with E-state index in [1.165, 1.54) is 67.7 Å². The second kappa shape index (κ2) is 54.6. The van der Waals surface area contributed by atoms with Gasteiger partial charge < -0.3 is 59.4 Å². The molecule has 0 saturated heterocycles.